The van der Waals surface area contributed by atoms with Crippen LogP contribution in [0.1, 0.15) is 5.01 Å². The molecule has 0 amide bonds. The predicted molar refractivity (Wildman–Crippen MR) is 69.6 cm³/mol. The molecular weight excluding hydrogens is 256 g/mol. The number of methoxy groups -OCH3 is 1. The summed E-state index contributed by atoms with van der Waals surface area (Å²) in [5, 5.41) is 6.08. The van der Waals surface area contributed by atoms with Crippen LogP contribution in [0, 0.1) is 0 Å². The summed E-state index contributed by atoms with van der Waals surface area (Å²) in [7, 11) is 1.67. The Morgan fingerprint density at radius 1 is 1.24 bits per heavy atom. The monoisotopic (exact) mass is 270 g/mol. The van der Waals surface area contributed by atoms with Crippen LogP contribution >= 0.6 is 22.7 Å². The summed E-state index contributed by atoms with van der Waals surface area (Å²) in [6.45, 7) is 1.97. The van der Waals surface area contributed by atoms with Crippen LogP contribution in [0.3, 0.4) is 0 Å². The van der Waals surface area contributed by atoms with Gasteiger partial charge in [0, 0.05) is 30.5 Å². The van der Waals surface area contributed by atoms with E-state index in [0.29, 0.717) is 19.8 Å². The van der Waals surface area contributed by atoms with Crippen LogP contribution in [0.2, 0.25) is 0 Å². The number of nitrogens with zero attached hydrogens (tertiary/aromatic N) is 2. The normalized spacial score (nSPS) is 10.9. The molecule has 2 aromatic rings. The third kappa shape index (κ3) is 3.85. The molecule has 2 heterocycles. The Labute approximate surface area is 108 Å². The van der Waals surface area contributed by atoms with Crippen molar-refractivity contribution in [2.24, 2.45) is 0 Å². The van der Waals surface area contributed by atoms with Gasteiger partial charge in [0.25, 0.3) is 0 Å². The molecule has 0 bridgehead atoms. The maximum Gasteiger partial charge on any atom is 0.142 e. The van der Waals surface area contributed by atoms with E-state index in [4.69, 9.17) is 9.47 Å². The molecule has 0 unspecified atom stereocenters. The predicted octanol–water partition coefficient (Wildman–Crippen LogP) is 2.47. The van der Waals surface area contributed by atoms with Gasteiger partial charge in [-0.05, 0) is 0 Å². The Morgan fingerprint density at radius 2 is 2.18 bits per heavy atom. The molecule has 0 aliphatic carbocycles. The average Bonchev–Trinajstić information content (AvgIpc) is 2.99. The molecule has 17 heavy (non-hydrogen) atoms. The van der Waals surface area contributed by atoms with Gasteiger partial charge in [-0.15, -0.1) is 22.7 Å². The van der Waals surface area contributed by atoms with Gasteiger partial charge in [0.05, 0.1) is 24.8 Å². The molecule has 0 radical (unpaired) electrons. The summed E-state index contributed by atoms with van der Waals surface area (Å²) in [4.78, 5) is 8.76. The fourth-order valence-electron chi connectivity index (χ4n) is 1.28. The maximum absolute atomic E-state index is 5.41. The summed E-state index contributed by atoms with van der Waals surface area (Å²) in [5.74, 6) is 0. The van der Waals surface area contributed by atoms with Gasteiger partial charge in [-0.2, -0.15) is 0 Å². The third-order valence-corrected chi connectivity index (χ3v) is 3.80. The highest BCUT2D eigenvalue weighted by Crippen LogP contribution is 2.23. The Bertz CT molecular complexity index is 428. The first-order valence-electron chi connectivity index (χ1n) is 5.31. The van der Waals surface area contributed by atoms with Crippen LogP contribution in [0.15, 0.2) is 17.0 Å². The van der Waals surface area contributed by atoms with E-state index in [1.165, 1.54) is 0 Å². The summed E-state index contributed by atoms with van der Waals surface area (Å²) in [6.07, 6.45) is 2.65. The largest absolute Gasteiger partial charge is 0.382 e. The minimum Gasteiger partial charge on any atom is -0.382 e. The number of rotatable bonds is 7. The van der Waals surface area contributed by atoms with Crippen molar-refractivity contribution in [1.29, 1.82) is 0 Å². The summed E-state index contributed by atoms with van der Waals surface area (Å²) in [6, 6.07) is 0. The molecule has 0 fully saturated rings. The fraction of sp³-hybridized carbons (Fsp3) is 0.455. The topological polar surface area (TPSA) is 44.2 Å². The van der Waals surface area contributed by atoms with Crippen LogP contribution in [0.4, 0.5) is 0 Å². The lowest BCUT2D eigenvalue weighted by atomic mass is 10.4. The Kier molecular flexibility index (Phi) is 5.06. The van der Waals surface area contributed by atoms with E-state index >= 15 is 0 Å². The first kappa shape index (κ1) is 12.6. The number of ether oxygens (including phenoxy) is 2. The van der Waals surface area contributed by atoms with Crippen molar-refractivity contribution in [1.82, 2.24) is 9.97 Å². The third-order valence-electron chi connectivity index (χ3n) is 2.10. The SMILES string of the molecule is COCCOCCc1nc(-c2nccs2)cs1. The second-order valence-electron chi connectivity index (χ2n) is 3.32. The fourth-order valence-corrected chi connectivity index (χ4v) is 2.71. The molecule has 0 aliphatic heterocycles. The molecule has 92 valence electrons. The van der Waals surface area contributed by atoms with Crippen LogP contribution in [-0.2, 0) is 15.9 Å². The van der Waals surface area contributed by atoms with Crippen LogP contribution in [-0.4, -0.2) is 36.9 Å². The van der Waals surface area contributed by atoms with Gasteiger partial charge in [-0.25, -0.2) is 9.97 Å². The maximum atomic E-state index is 5.41. The second-order valence-corrected chi connectivity index (χ2v) is 5.16. The molecule has 6 heteroatoms. The van der Waals surface area contributed by atoms with E-state index in [9.17, 15) is 0 Å². The van der Waals surface area contributed by atoms with Gasteiger partial charge in [-0.3, -0.25) is 0 Å². The van der Waals surface area contributed by atoms with Gasteiger partial charge in [-0.1, -0.05) is 0 Å². The standard InChI is InChI=1S/C11H14N2O2S2/c1-14-5-6-15-4-2-10-13-9(8-17-10)11-12-3-7-16-11/h3,7-8H,2,4-6H2,1H3. The number of hydrogen-bond donors (Lipinski definition) is 0. The lowest BCUT2D eigenvalue weighted by Crippen LogP contribution is -2.04. The quantitative estimate of drug-likeness (QED) is 0.725. The number of thiazole rings is 2. The Balaban J connectivity index is 1.79. The zero-order valence-corrected chi connectivity index (χ0v) is 11.2. The average molecular weight is 270 g/mol. The lowest BCUT2D eigenvalue weighted by molar-refractivity contribution is 0.0722. The molecule has 0 saturated carbocycles. The van der Waals surface area contributed by atoms with Crippen molar-refractivity contribution in [3.05, 3.63) is 22.0 Å². The van der Waals surface area contributed by atoms with E-state index in [2.05, 4.69) is 9.97 Å². The zero-order chi connectivity index (χ0) is 11.9. The molecule has 4 nitrogen and oxygen atoms in total. The van der Waals surface area contributed by atoms with E-state index < -0.39 is 0 Å². The van der Waals surface area contributed by atoms with Crippen molar-refractivity contribution >= 4 is 22.7 Å². The van der Waals surface area contributed by atoms with Gasteiger partial charge in [0.2, 0.25) is 0 Å². The highest BCUT2D eigenvalue weighted by atomic mass is 32.1. The molecule has 0 aliphatic rings. The van der Waals surface area contributed by atoms with E-state index in [1.807, 2.05) is 10.8 Å². The first-order chi connectivity index (χ1) is 8.40. The van der Waals surface area contributed by atoms with E-state index in [-0.39, 0.29) is 0 Å². The van der Waals surface area contributed by atoms with Crippen molar-refractivity contribution in [2.75, 3.05) is 26.9 Å². The summed E-state index contributed by atoms with van der Waals surface area (Å²) >= 11 is 3.27. The van der Waals surface area contributed by atoms with E-state index in [1.54, 1.807) is 36.0 Å². The minimum absolute atomic E-state index is 0.640. The zero-order valence-electron chi connectivity index (χ0n) is 9.59. The van der Waals surface area contributed by atoms with Gasteiger partial charge in [0.1, 0.15) is 10.7 Å². The highest BCUT2D eigenvalue weighted by Gasteiger charge is 2.06. The second kappa shape index (κ2) is 6.80. The molecule has 0 saturated heterocycles. The molecule has 0 aromatic carbocycles. The van der Waals surface area contributed by atoms with Crippen molar-refractivity contribution in [2.45, 2.75) is 6.42 Å². The number of aromatic nitrogens is 2. The van der Waals surface area contributed by atoms with E-state index in [0.717, 1.165) is 22.1 Å². The molecule has 0 N–H and O–H groups in total. The first-order valence-corrected chi connectivity index (χ1v) is 7.07. The Hall–Kier alpha value is -0.820. The van der Waals surface area contributed by atoms with Crippen molar-refractivity contribution in [3.8, 4) is 10.7 Å². The smallest absolute Gasteiger partial charge is 0.142 e. The number of hydrogen-bond acceptors (Lipinski definition) is 6. The van der Waals surface area contributed by atoms with Crippen LogP contribution < -0.4 is 0 Å². The van der Waals surface area contributed by atoms with Gasteiger partial charge < -0.3 is 9.47 Å². The van der Waals surface area contributed by atoms with Crippen molar-refractivity contribution < 1.29 is 9.47 Å². The van der Waals surface area contributed by atoms with Crippen LogP contribution in [0.5, 0.6) is 0 Å². The molecule has 0 spiro atoms. The van der Waals surface area contributed by atoms with Gasteiger partial charge >= 0.3 is 0 Å². The summed E-state index contributed by atoms with van der Waals surface area (Å²) in [5.41, 5.74) is 0.969. The molecule has 2 rings (SSSR count). The minimum atomic E-state index is 0.640. The Morgan fingerprint density at radius 3 is 2.94 bits per heavy atom. The van der Waals surface area contributed by atoms with Gasteiger partial charge in [0.15, 0.2) is 0 Å². The molecule has 2 aromatic heterocycles. The highest BCUT2D eigenvalue weighted by molar-refractivity contribution is 7.14. The van der Waals surface area contributed by atoms with Crippen molar-refractivity contribution in [3.63, 3.8) is 0 Å². The lowest BCUT2D eigenvalue weighted by Gasteiger charge is -2.00. The summed E-state index contributed by atoms with van der Waals surface area (Å²) < 4.78 is 10.3. The van der Waals surface area contributed by atoms with Crippen LogP contribution in [0.25, 0.3) is 10.7 Å². The molecule has 0 atom stereocenters. The molecular formula is C11H14N2O2S2.